The van der Waals surface area contributed by atoms with Crippen molar-refractivity contribution >= 4 is 29.0 Å². The Kier molecular flexibility index (Phi) is 3.24. The summed E-state index contributed by atoms with van der Waals surface area (Å²) in [6, 6.07) is 4.91. The van der Waals surface area contributed by atoms with Crippen LogP contribution in [0.1, 0.15) is 30.1 Å². The van der Waals surface area contributed by atoms with E-state index in [-0.39, 0.29) is 5.78 Å². The van der Waals surface area contributed by atoms with Crippen LogP contribution in [0.3, 0.4) is 0 Å². The third-order valence-electron chi connectivity index (χ3n) is 2.88. The quantitative estimate of drug-likeness (QED) is 0.756. The van der Waals surface area contributed by atoms with Crippen molar-refractivity contribution in [2.24, 2.45) is 0 Å². The highest BCUT2D eigenvalue weighted by Gasteiger charge is 2.38. The van der Waals surface area contributed by atoms with Crippen LogP contribution < -0.4 is 0 Å². The van der Waals surface area contributed by atoms with E-state index in [2.05, 4.69) is 0 Å². The topological polar surface area (TPSA) is 26.3 Å². The predicted octanol–water partition coefficient (Wildman–Crippen LogP) is 3.75. The molecular weight excluding hydrogens is 247 g/mol. The van der Waals surface area contributed by atoms with Crippen LogP contribution in [0.25, 0.3) is 0 Å². The van der Waals surface area contributed by atoms with Gasteiger partial charge in [-0.15, -0.1) is 0 Å². The van der Waals surface area contributed by atoms with Crippen molar-refractivity contribution in [3.05, 3.63) is 33.8 Å². The van der Waals surface area contributed by atoms with E-state index in [1.165, 1.54) is 0 Å². The summed E-state index contributed by atoms with van der Waals surface area (Å²) in [7, 11) is 0. The van der Waals surface area contributed by atoms with Crippen LogP contribution in [-0.4, -0.2) is 18.0 Å². The fraction of sp³-hybridized carbons (Fsp3) is 0.417. The van der Waals surface area contributed by atoms with E-state index in [1.807, 2.05) is 6.92 Å². The molecule has 1 aliphatic rings. The smallest absolute Gasteiger partial charge is 0.194 e. The standard InChI is InChI=1S/C12H12Cl2O2/c1-12(5-2-6-16-12)11(15)8-3-4-9(13)10(14)7-8/h3-4,7H,2,5-6H2,1H3. The molecule has 1 heterocycles. The Morgan fingerprint density at radius 3 is 2.69 bits per heavy atom. The molecule has 0 aromatic heterocycles. The van der Waals surface area contributed by atoms with Crippen molar-refractivity contribution < 1.29 is 9.53 Å². The minimum Gasteiger partial charge on any atom is -0.367 e. The summed E-state index contributed by atoms with van der Waals surface area (Å²) >= 11 is 11.7. The Balaban J connectivity index is 2.30. The van der Waals surface area contributed by atoms with Gasteiger partial charge in [0.1, 0.15) is 5.60 Å². The molecule has 0 N–H and O–H groups in total. The summed E-state index contributed by atoms with van der Waals surface area (Å²) in [5, 5.41) is 0.852. The second-order valence-corrected chi connectivity index (χ2v) is 4.96. The predicted molar refractivity (Wildman–Crippen MR) is 64.4 cm³/mol. The first-order chi connectivity index (χ1) is 7.53. The van der Waals surface area contributed by atoms with Crippen molar-refractivity contribution in [1.29, 1.82) is 0 Å². The van der Waals surface area contributed by atoms with Crippen LogP contribution in [-0.2, 0) is 4.74 Å². The zero-order chi connectivity index (χ0) is 11.8. The number of hydrogen-bond donors (Lipinski definition) is 0. The Morgan fingerprint density at radius 2 is 2.12 bits per heavy atom. The number of ketones is 1. The lowest BCUT2D eigenvalue weighted by Gasteiger charge is -2.21. The molecule has 0 aliphatic carbocycles. The van der Waals surface area contributed by atoms with Crippen molar-refractivity contribution in [2.45, 2.75) is 25.4 Å². The second-order valence-electron chi connectivity index (χ2n) is 4.14. The van der Waals surface area contributed by atoms with Crippen LogP contribution in [0.15, 0.2) is 18.2 Å². The Bertz CT molecular complexity index is 423. The van der Waals surface area contributed by atoms with Gasteiger partial charge in [0.15, 0.2) is 5.78 Å². The molecule has 0 amide bonds. The van der Waals surface area contributed by atoms with Gasteiger partial charge in [0, 0.05) is 12.2 Å². The first-order valence-electron chi connectivity index (χ1n) is 5.17. The fourth-order valence-corrected chi connectivity index (χ4v) is 2.20. The molecule has 1 atom stereocenters. The van der Waals surface area contributed by atoms with Gasteiger partial charge in [-0.2, -0.15) is 0 Å². The van der Waals surface area contributed by atoms with E-state index < -0.39 is 5.60 Å². The number of carbonyl (C=O) groups excluding carboxylic acids is 1. The van der Waals surface area contributed by atoms with E-state index in [4.69, 9.17) is 27.9 Å². The molecule has 16 heavy (non-hydrogen) atoms. The molecule has 1 aromatic carbocycles. The number of hydrogen-bond acceptors (Lipinski definition) is 2. The van der Waals surface area contributed by atoms with E-state index in [0.29, 0.717) is 22.2 Å². The molecule has 0 saturated carbocycles. The molecule has 86 valence electrons. The van der Waals surface area contributed by atoms with Gasteiger partial charge in [-0.1, -0.05) is 23.2 Å². The maximum Gasteiger partial charge on any atom is 0.194 e. The molecule has 0 radical (unpaired) electrons. The number of benzene rings is 1. The van der Waals surface area contributed by atoms with Gasteiger partial charge in [0.25, 0.3) is 0 Å². The molecule has 2 rings (SSSR count). The van der Waals surface area contributed by atoms with Crippen LogP contribution in [0, 0.1) is 0 Å². The largest absolute Gasteiger partial charge is 0.367 e. The summed E-state index contributed by atoms with van der Waals surface area (Å²) < 4.78 is 5.50. The van der Waals surface area contributed by atoms with Crippen molar-refractivity contribution in [2.75, 3.05) is 6.61 Å². The molecule has 0 bridgehead atoms. The van der Waals surface area contributed by atoms with Gasteiger partial charge >= 0.3 is 0 Å². The molecular formula is C12H12Cl2O2. The van der Waals surface area contributed by atoms with Gasteiger partial charge in [-0.05, 0) is 38.0 Å². The highest BCUT2D eigenvalue weighted by Crippen LogP contribution is 2.31. The average Bonchev–Trinajstić information content (AvgIpc) is 2.70. The summed E-state index contributed by atoms with van der Waals surface area (Å²) in [4.78, 5) is 12.2. The zero-order valence-corrected chi connectivity index (χ0v) is 10.4. The number of halogens is 2. The van der Waals surface area contributed by atoms with Gasteiger partial charge in [-0.25, -0.2) is 0 Å². The van der Waals surface area contributed by atoms with Crippen molar-refractivity contribution in [3.63, 3.8) is 0 Å². The molecule has 4 heteroatoms. The zero-order valence-electron chi connectivity index (χ0n) is 8.93. The average molecular weight is 259 g/mol. The molecule has 1 aromatic rings. The first kappa shape index (κ1) is 11.9. The number of carbonyl (C=O) groups is 1. The van der Waals surface area contributed by atoms with Crippen molar-refractivity contribution in [1.82, 2.24) is 0 Å². The molecule has 1 fully saturated rings. The lowest BCUT2D eigenvalue weighted by molar-refractivity contribution is 0.0213. The van der Waals surface area contributed by atoms with Gasteiger partial charge in [-0.3, -0.25) is 4.79 Å². The third-order valence-corrected chi connectivity index (χ3v) is 3.62. The van der Waals surface area contributed by atoms with E-state index in [0.717, 1.165) is 12.8 Å². The van der Waals surface area contributed by atoms with E-state index in [1.54, 1.807) is 18.2 Å². The van der Waals surface area contributed by atoms with E-state index in [9.17, 15) is 4.79 Å². The lowest BCUT2D eigenvalue weighted by atomic mass is 9.92. The summed E-state index contributed by atoms with van der Waals surface area (Å²) in [5.74, 6) is -0.0245. The first-order valence-corrected chi connectivity index (χ1v) is 5.92. The molecule has 0 spiro atoms. The number of rotatable bonds is 2. The maximum absolute atomic E-state index is 12.2. The molecule has 1 unspecified atom stereocenters. The Hall–Kier alpha value is -0.570. The van der Waals surface area contributed by atoms with Gasteiger partial charge in [0.2, 0.25) is 0 Å². The SMILES string of the molecule is CC1(C(=O)c2ccc(Cl)c(Cl)c2)CCCO1. The molecule has 1 saturated heterocycles. The minimum atomic E-state index is -0.697. The summed E-state index contributed by atoms with van der Waals surface area (Å²) in [5.41, 5.74) is -0.143. The highest BCUT2D eigenvalue weighted by atomic mass is 35.5. The second kappa shape index (κ2) is 4.36. The molecule has 1 aliphatic heterocycles. The normalized spacial score (nSPS) is 24.7. The van der Waals surface area contributed by atoms with Crippen LogP contribution in [0.4, 0.5) is 0 Å². The minimum absolute atomic E-state index is 0.0245. The van der Waals surface area contributed by atoms with Crippen LogP contribution in [0.5, 0.6) is 0 Å². The number of ether oxygens (including phenoxy) is 1. The summed E-state index contributed by atoms with van der Waals surface area (Å²) in [6.45, 7) is 2.47. The van der Waals surface area contributed by atoms with Crippen LogP contribution >= 0.6 is 23.2 Å². The van der Waals surface area contributed by atoms with E-state index >= 15 is 0 Å². The monoisotopic (exact) mass is 258 g/mol. The highest BCUT2D eigenvalue weighted by molar-refractivity contribution is 6.42. The van der Waals surface area contributed by atoms with Crippen LogP contribution in [0.2, 0.25) is 10.0 Å². The summed E-state index contributed by atoms with van der Waals surface area (Å²) in [6.07, 6.45) is 1.68. The fourth-order valence-electron chi connectivity index (χ4n) is 1.90. The number of Topliss-reactive ketones (excluding diaryl/α,β-unsaturated/α-hetero) is 1. The molecule has 2 nitrogen and oxygen atoms in total. The van der Waals surface area contributed by atoms with Crippen molar-refractivity contribution in [3.8, 4) is 0 Å². The lowest BCUT2D eigenvalue weighted by Crippen LogP contribution is -2.34. The Morgan fingerprint density at radius 1 is 1.38 bits per heavy atom. The third kappa shape index (κ3) is 2.10. The maximum atomic E-state index is 12.2. The Labute approximate surface area is 104 Å². The van der Waals surface area contributed by atoms with Gasteiger partial charge in [0.05, 0.1) is 10.0 Å². The van der Waals surface area contributed by atoms with Gasteiger partial charge < -0.3 is 4.74 Å².